The number of nitrogens with zero attached hydrogens (tertiary/aromatic N) is 1. The minimum atomic E-state index is -0.0725. The van der Waals surface area contributed by atoms with E-state index in [9.17, 15) is 4.79 Å². The van der Waals surface area contributed by atoms with E-state index in [0.717, 1.165) is 11.1 Å². The molecule has 0 unspecified atom stereocenters. The standard InChI is InChI=1S/C20H19NO3S2/c1-3-24-16-10-9-15(11-17(16)23-2)12-18-19(22)21(20(25)26-18)13-14-7-5-4-6-8-14/h4-12H,3,13H2,1-2H3. The van der Waals surface area contributed by atoms with Crippen LogP contribution in [0.1, 0.15) is 18.1 Å². The molecule has 1 heterocycles. The second-order valence-electron chi connectivity index (χ2n) is 5.60. The minimum absolute atomic E-state index is 0.0725. The second kappa shape index (κ2) is 8.38. The zero-order valence-corrected chi connectivity index (χ0v) is 16.2. The second-order valence-corrected chi connectivity index (χ2v) is 7.27. The molecule has 2 aromatic rings. The van der Waals surface area contributed by atoms with Gasteiger partial charge in [0.05, 0.1) is 25.2 Å². The lowest BCUT2D eigenvalue weighted by atomic mass is 10.1. The highest BCUT2D eigenvalue weighted by atomic mass is 32.2. The molecule has 0 aliphatic carbocycles. The van der Waals surface area contributed by atoms with Crippen LogP contribution in [0.5, 0.6) is 11.5 Å². The van der Waals surface area contributed by atoms with Crippen molar-refractivity contribution in [2.45, 2.75) is 13.5 Å². The molecule has 6 heteroatoms. The summed E-state index contributed by atoms with van der Waals surface area (Å²) in [6.07, 6.45) is 1.84. The Morgan fingerprint density at radius 1 is 1.15 bits per heavy atom. The van der Waals surface area contributed by atoms with Crippen LogP contribution in [0.4, 0.5) is 0 Å². The van der Waals surface area contributed by atoms with Crippen LogP contribution in [-0.4, -0.2) is 28.8 Å². The van der Waals surface area contributed by atoms with Crippen molar-refractivity contribution in [3.05, 3.63) is 64.6 Å². The van der Waals surface area contributed by atoms with E-state index in [1.54, 1.807) is 12.0 Å². The van der Waals surface area contributed by atoms with E-state index in [2.05, 4.69) is 0 Å². The van der Waals surface area contributed by atoms with Crippen molar-refractivity contribution in [2.75, 3.05) is 13.7 Å². The van der Waals surface area contributed by atoms with E-state index in [1.807, 2.05) is 61.5 Å². The Hall–Kier alpha value is -2.31. The molecule has 0 radical (unpaired) electrons. The highest BCUT2D eigenvalue weighted by molar-refractivity contribution is 8.26. The Morgan fingerprint density at radius 3 is 2.62 bits per heavy atom. The number of ether oxygens (including phenoxy) is 2. The minimum Gasteiger partial charge on any atom is -0.493 e. The van der Waals surface area contributed by atoms with Gasteiger partial charge in [0.1, 0.15) is 4.32 Å². The fraction of sp³-hybridized carbons (Fsp3) is 0.200. The first kappa shape index (κ1) is 18.5. The van der Waals surface area contributed by atoms with Gasteiger partial charge in [-0.2, -0.15) is 0 Å². The fourth-order valence-corrected chi connectivity index (χ4v) is 3.86. The van der Waals surface area contributed by atoms with Crippen LogP contribution in [0, 0.1) is 0 Å². The normalized spacial score (nSPS) is 15.6. The van der Waals surface area contributed by atoms with Crippen molar-refractivity contribution in [1.29, 1.82) is 0 Å². The molecule has 0 bridgehead atoms. The number of hydrogen-bond acceptors (Lipinski definition) is 5. The summed E-state index contributed by atoms with van der Waals surface area (Å²) in [6, 6.07) is 15.4. The van der Waals surface area contributed by atoms with E-state index in [1.165, 1.54) is 11.8 Å². The lowest BCUT2D eigenvalue weighted by Gasteiger charge is -2.14. The Bertz CT molecular complexity index is 849. The van der Waals surface area contributed by atoms with E-state index in [0.29, 0.717) is 33.9 Å². The van der Waals surface area contributed by atoms with Crippen molar-refractivity contribution in [2.24, 2.45) is 0 Å². The Labute approximate surface area is 162 Å². The van der Waals surface area contributed by atoms with Crippen molar-refractivity contribution in [3.8, 4) is 11.5 Å². The maximum absolute atomic E-state index is 12.7. The van der Waals surface area contributed by atoms with Crippen molar-refractivity contribution in [1.82, 2.24) is 4.90 Å². The summed E-state index contributed by atoms with van der Waals surface area (Å²) >= 11 is 6.72. The van der Waals surface area contributed by atoms with Crippen LogP contribution in [0.25, 0.3) is 6.08 Å². The molecule has 26 heavy (non-hydrogen) atoms. The number of carbonyl (C=O) groups is 1. The van der Waals surface area contributed by atoms with Crippen LogP contribution in [0.2, 0.25) is 0 Å². The number of thioether (sulfide) groups is 1. The van der Waals surface area contributed by atoms with Crippen LogP contribution in [0.3, 0.4) is 0 Å². The summed E-state index contributed by atoms with van der Waals surface area (Å²) in [5, 5.41) is 0. The molecule has 0 N–H and O–H groups in total. The molecule has 2 aromatic carbocycles. The summed E-state index contributed by atoms with van der Waals surface area (Å²) in [5.41, 5.74) is 1.92. The van der Waals surface area contributed by atoms with Crippen molar-refractivity contribution < 1.29 is 14.3 Å². The summed E-state index contributed by atoms with van der Waals surface area (Å²) in [5.74, 6) is 1.25. The van der Waals surface area contributed by atoms with E-state index < -0.39 is 0 Å². The average molecular weight is 386 g/mol. The van der Waals surface area contributed by atoms with Crippen molar-refractivity contribution in [3.63, 3.8) is 0 Å². The summed E-state index contributed by atoms with van der Waals surface area (Å²) in [7, 11) is 1.60. The molecular weight excluding hydrogens is 366 g/mol. The lowest BCUT2D eigenvalue weighted by molar-refractivity contribution is -0.122. The Kier molecular flexibility index (Phi) is 5.96. The quantitative estimate of drug-likeness (QED) is 0.541. The predicted octanol–water partition coefficient (Wildman–Crippen LogP) is 4.50. The SMILES string of the molecule is CCOc1ccc(C=C2SC(=S)N(Cc3ccccc3)C2=O)cc1OC. The first-order valence-corrected chi connectivity index (χ1v) is 9.45. The lowest BCUT2D eigenvalue weighted by Crippen LogP contribution is -2.27. The van der Waals surface area contributed by atoms with Gasteiger partial charge in [0, 0.05) is 0 Å². The third-order valence-corrected chi connectivity index (χ3v) is 5.22. The highest BCUT2D eigenvalue weighted by Crippen LogP contribution is 2.35. The van der Waals surface area contributed by atoms with Crippen LogP contribution in [0.15, 0.2) is 53.4 Å². The number of thiocarbonyl (C=S) groups is 1. The van der Waals surface area contributed by atoms with Gasteiger partial charge >= 0.3 is 0 Å². The molecule has 134 valence electrons. The topological polar surface area (TPSA) is 38.8 Å². The molecule has 0 saturated carbocycles. The fourth-order valence-electron chi connectivity index (χ4n) is 2.60. The Balaban J connectivity index is 1.81. The first-order valence-electron chi connectivity index (χ1n) is 8.22. The maximum atomic E-state index is 12.7. The monoisotopic (exact) mass is 385 g/mol. The number of hydrogen-bond donors (Lipinski definition) is 0. The third-order valence-electron chi connectivity index (χ3n) is 3.84. The van der Waals surface area contributed by atoms with Gasteiger partial charge in [-0.05, 0) is 36.3 Å². The molecule has 1 fully saturated rings. The molecule has 4 nitrogen and oxygen atoms in total. The zero-order valence-electron chi connectivity index (χ0n) is 14.6. The molecule has 0 spiro atoms. The van der Waals surface area contributed by atoms with Gasteiger partial charge in [-0.25, -0.2) is 0 Å². The van der Waals surface area contributed by atoms with E-state index in [-0.39, 0.29) is 5.91 Å². The molecule has 1 amide bonds. The van der Waals surface area contributed by atoms with Crippen LogP contribution in [-0.2, 0) is 11.3 Å². The van der Waals surface area contributed by atoms with Gasteiger partial charge in [-0.1, -0.05) is 60.4 Å². The molecule has 1 aliphatic heterocycles. The number of carbonyl (C=O) groups excluding carboxylic acids is 1. The number of benzene rings is 2. The van der Waals surface area contributed by atoms with E-state index in [4.69, 9.17) is 21.7 Å². The van der Waals surface area contributed by atoms with E-state index >= 15 is 0 Å². The molecule has 0 atom stereocenters. The summed E-state index contributed by atoms with van der Waals surface area (Å²) in [6.45, 7) is 2.97. The highest BCUT2D eigenvalue weighted by Gasteiger charge is 2.31. The van der Waals surface area contributed by atoms with Crippen molar-refractivity contribution >= 4 is 40.3 Å². The first-order chi connectivity index (χ1) is 12.6. The number of rotatable bonds is 6. The summed E-state index contributed by atoms with van der Waals surface area (Å²) in [4.78, 5) is 15.0. The van der Waals surface area contributed by atoms with Gasteiger partial charge < -0.3 is 9.47 Å². The predicted molar refractivity (Wildman–Crippen MR) is 109 cm³/mol. The van der Waals surface area contributed by atoms with Gasteiger partial charge in [0.15, 0.2) is 11.5 Å². The van der Waals surface area contributed by atoms with Gasteiger partial charge in [-0.15, -0.1) is 0 Å². The van der Waals surface area contributed by atoms with Crippen LogP contribution < -0.4 is 9.47 Å². The maximum Gasteiger partial charge on any atom is 0.266 e. The smallest absolute Gasteiger partial charge is 0.266 e. The molecule has 0 aromatic heterocycles. The van der Waals surface area contributed by atoms with Crippen LogP contribution >= 0.6 is 24.0 Å². The molecule has 1 saturated heterocycles. The zero-order chi connectivity index (χ0) is 18.5. The Morgan fingerprint density at radius 2 is 1.92 bits per heavy atom. The van der Waals surface area contributed by atoms with Gasteiger partial charge in [-0.3, -0.25) is 9.69 Å². The molecule has 1 aliphatic rings. The number of amides is 1. The number of methoxy groups -OCH3 is 1. The molecular formula is C20H19NO3S2. The summed E-state index contributed by atoms with van der Waals surface area (Å²) < 4.78 is 11.5. The largest absolute Gasteiger partial charge is 0.493 e. The molecule has 3 rings (SSSR count). The van der Waals surface area contributed by atoms with Gasteiger partial charge in [0.2, 0.25) is 0 Å². The van der Waals surface area contributed by atoms with Gasteiger partial charge in [0.25, 0.3) is 5.91 Å². The third kappa shape index (κ3) is 4.08. The average Bonchev–Trinajstić information content (AvgIpc) is 2.91.